The molecule has 146 valence electrons. The third-order valence-corrected chi connectivity index (χ3v) is 5.05. The first-order valence-electron chi connectivity index (χ1n) is 9.12. The molecular formula is C22H22ClFN2O2. The van der Waals surface area contributed by atoms with E-state index in [2.05, 4.69) is 5.10 Å². The number of aryl methyl sites for hydroxylation is 2. The molecule has 0 bridgehead atoms. The van der Waals surface area contributed by atoms with E-state index in [0.29, 0.717) is 23.4 Å². The highest BCUT2D eigenvalue weighted by Gasteiger charge is 2.18. The van der Waals surface area contributed by atoms with E-state index in [1.54, 1.807) is 23.7 Å². The number of benzene rings is 2. The number of hydrogen-bond donors (Lipinski definition) is 1. The molecule has 1 unspecified atom stereocenters. The van der Waals surface area contributed by atoms with Gasteiger partial charge in [0, 0.05) is 28.6 Å². The van der Waals surface area contributed by atoms with Crippen LogP contribution in [0.4, 0.5) is 4.39 Å². The number of nitrogens with zero attached hydrogens (tertiary/aromatic N) is 2. The average molecular weight is 401 g/mol. The molecule has 0 aliphatic heterocycles. The van der Waals surface area contributed by atoms with Crippen molar-refractivity contribution < 1.29 is 14.3 Å². The average Bonchev–Trinajstić information content (AvgIpc) is 3.06. The summed E-state index contributed by atoms with van der Waals surface area (Å²) in [7, 11) is 0. The number of rotatable bonds is 7. The van der Waals surface area contributed by atoms with Crippen molar-refractivity contribution in [3.8, 4) is 5.69 Å². The number of aromatic nitrogens is 2. The zero-order chi connectivity index (χ0) is 20.3. The molecule has 0 saturated carbocycles. The van der Waals surface area contributed by atoms with Gasteiger partial charge in [0.25, 0.3) is 0 Å². The first-order chi connectivity index (χ1) is 13.4. The summed E-state index contributed by atoms with van der Waals surface area (Å²) in [6.45, 7) is 3.32. The summed E-state index contributed by atoms with van der Waals surface area (Å²) in [6.07, 6.45) is 0.837. The van der Waals surface area contributed by atoms with Gasteiger partial charge in [0.05, 0.1) is 18.0 Å². The van der Waals surface area contributed by atoms with Gasteiger partial charge in [0.1, 0.15) is 11.6 Å². The molecule has 0 amide bonds. The summed E-state index contributed by atoms with van der Waals surface area (Å²) < 4.78 is 15.7. The van der Waals surface area contributed by atoms with Gasteiger partial charge in [-0.05, 0) is 49.2 Å². The van der Waals surface area contributed by atoms with E-state index in [4.69, 9.17) is 16.7 Å². The normalized spacial score (nSPS) is 12.2. The van der Waals surface area contributed by atoms with E-state index in [1.807, 2.05) is 31.2 Å². The largest absolute Gasteiger partial charge is 0.392 e. The van der Waals surface area contributed by atoms with Crippen molar-refractivity contribution in [3.05, 3.63) is 81.9 Å². The van der Waals surface area contributed by atoms with Gasteiger partial charge in [-0.15, -0.1) is 0 Å². The summed E-state index contributed by atoms with van der Waals surface area (Å²) in [5, 5.41) is 14.2. The van der Waals surface area contributed by atoms with E-state index in [9.17, 15) is 9.18 Å². The Morgan fingerprint density at radius 3 is 2.71 bits per heavy atom. The SMILES string of the molecule is Cc1cc(CCC(=O)C(C)c2ccc(CO)c(F)c2)n(-c2cccc(Cl)c2)n1. The molecule has 0 aliphatic rings. The number of halogens is 2. The minimum atomic E-state index is -0.491. The lowest BCUT2D eigenvalue weighted by Crippen LogP contribution is -2.12. The highest BCUT2D eigenvalue weighted by atomic mass is 35.5. The number of hydrogen-bond acceptors (Lipinski definition) is 3. The molecular weight excluding hydrogens is 379 g/mol. The standard InChI is InChI=1S/C22H22ClFN2O2/c1-14-10-20(26(25-14)19-5-3-4-18(23)12-19)8-9-22(28)15(2)16-6-7-17(13-27)21(24)11-16/h3-7,10-12,15,27H,8-9,13H2,1-2H3. The summed E-state index contributed by atoms with van der Waals surface area (Å²) in [5.41, 5.74) is 3.46. The summed E-state index contributed by atoms with van der Waals surface area (Å²) >= 11 is 6.08. The molecule has 1 atom stereocenters. The lowest BCUT2D eigenvalue weighted by Gasteiger charge is -2.13. The number of aliphatic hydroxyl groups excluding tert-OH is 1. The van der Waals surface area contributed by atoms with Gasteiger partial charge in [0.15, 0.2) is 0 Å². The third kappa shape index (κ3) is 4.49. The van der Waals surface area contributed by atoms with Gasteiger partial charge in [0.2, 0.25) is 0 Å². The van der Waals surface area contributed by atoms with Crippen LogP contribution in [-0.2, 0) is 17.8 Å². The number of ketones is 1. The fourth-order valence-corrected chi connectivity index (χ4v) is 3.36. The van der Waals surface area contributed by atoms with Crippen LogP contribution in [0.3, 0.4) is 0 Å². The Kier molecular flexibility index (Phi) is 6.27. The van der Waals surface area contributed by atoms with Gasteiger partial charge in [-0.1, -0.05) is 36.7 Å². The molecule has 28 heavy (non-hydrogen) atoms. The van der Waals surface area contributed by atoms with Gasteiger partial charge in [-0.2, -0.15) is 5.10 Å². The monoisotopic (exact) mass is 400 g/mol. The predicted octanol–water partition coefficient (Wildman–Crippen LogP) is 4.77. The molecule has 0 fully saturated rings. The molecule has 1 aromatic heterocycles. The van der Waals surface area contributed by atoms with Crippen LogP contribution >= 0.6 is 11.6 Å². The Labute approximate surface area is 168 Å². The van der Waals surface area contributed by atoms with Crippen LogP contribution in [0.2, 0.25) is 5.02 Å². The van der Waals surface area contributed by atoms with Crippen LogP contribution in [0.1, 0.15) is 41.8 Å². The maximum Gasteiger partial charge on any atom is 0.140 e. The van der Waals surface area contributed by atoms with Crippen molar-refractivity contribution in [1.82, 2.24) is 9.78 Å². The van der Waals surface area contributed by atoms with E-state index >= 15 is 0 Å². The number of carbonyl (C=O) groups excluding carboxylic acids is 1. The zero-order valence-corrected chi connectivity index (χ0v) is 16.6. The van der Waals surface area contributed by atoms with Crippen LogP contribution in [-0.4, -0.2) is 20.7 Å². The quantitative estimate of drug-likeness (QED) is 0.621. The van der Waals surface area contributed by atoms with Crippen molar-refractivity contribution in [2.75, 3.05) is 0 Å². The van der Waals surface area contributed by atoms with Gasteiger partial charge >= 0.3 is 0 Å². The minimum absolute atomic E-state index is 0.0210. The second-order valence-electron chi connectivity index (χ2n) is 6.87. The zero-order valence-electron chi connectivity index (χ0n) is 15.8. The van der Waals surface area contributed by atoms with E-state index < -0.39 is 11.7 Å². The summed E-state index contributed by atoms with van der Waals surface area (Å²) in [4.78, 5) is 12.7. The first kappa shape index (κ1) is 20.2. The molecule has 0 saturated heterocycles. The topological polar surface area (TPSA) is 55.1 Å². The van der Waals surface area contributed by atoms with Crippen LogP contribution in [0, 0.1) is 12.7 Å². The molecule has 2 aromatic carbocycles. The molecule has 1 N–H and O–H groups in total. The van der Waals surface area contributed by atoms with E-state index in [1.165, 1.54) is 12.1 Å². The fraction of sp³-hybridized carbons (Fsp3) is 0.273. The lowest BCUT2D eigenvalue weighted by atomic mass is 9.93. The third-order valence-electron chi connectivity index (χ3n) is 4.82. The predicted molar refractivity (Wildman–Crippen MR) is 107 cm³/mol. The van der Waals surface area contributed by atoms with Crippen LogP contribution in [0.5, 0.6) is 0 Å². The first-order valence-corrected chi connectivity index (χ1v) is 9.50. The molecule has 3 rings (SSSR count). The Bertz CT molecular complexity index is 1000. The molecule has 0 aliphatic carbocycles. The highest BCUT2D eigenvalue weighted by molar-refractivity contribution is 6.30. The van der Waals surface area contributed by atoms with E-state index in [-0.39, 0.29) is 18.0 Å². The molecule has 0 radical (unpaired) electrons. The van der Waals surface area contributed by atoms with Gasteiger partial charge in [-0.3, -0.25) is 4.79 Å². The van der Waals surface area contributed by atoms with Crippen molar-refractivity contribution in [3.63, 3.8) is 0 Å². The second kappa shape index (κ2) is 8.67. The minimum Gasteiger partial charge on any atom is -0.392 e. The second-order valence-corrected chi connectivity index (χ2v) is 7.30. The molecule has 4 nitrogen and oxygen atoms in total. The summed E-state index contributed by atoms with van der Waals surface area (Å²) in [6, 6.07) is 13.9. The molecule has 0 spiro atoms. The number of aliphatic hydroxyl groups is 1. The van der Waals surface area contributed by atoms with Crippen molar-refractivity contribution in [2.45, 2.75) is 39.2 Å². The molecule has 6 heteroatoms. The fourth-order valence-electron chi connectivity index (χ4n) is 3.18. The Hall–Kier alpha value is -2.50. The van der Waals surface area contributed by atoms with Crippen molar-refractivity contribution >= 4 is 17.4 Å². The molecule has 3 aromatic rings. The maximum absolute atomic E-state index is 13.9. The van der Waals surface area contributed by atoms with Crippen molar-refractivity contribution in [2.24, 2.45) is 0 Å². The van der Waals surface area contributed by atoms with E-state index in [0.717, 1.165) is 17.1 Å². The number of Topliss-reactive ketones (excluding diaryl/α,β-unsaturated/α-hetero) is 1. The smallest absolute Gasteiger partial charge is 0.140 e. The number of carbonyl (C=O) groups is 1. The van der Waals surface area contributed by atoms with Crippen LogP contribution in [0.25, 0.3) is 5.69 Å². The highest BCUT2D eigenvalue weighted by Crippen LogP contribution is 2.23. The van der Waals surface area contributed by atoms with Crippen LogP contribution in [0.15, 0.2) is 48.5 Å². The Morgan fingerprint density at radius 1 is 1.25 bits per heavy atom. The molecule has 1 heterocycles. The Balaban J connectivity index is 1.74. The van der Waals surface area contributed by atoms with Crippen molar-refractivity contribution in [1.29, 1.82) is 0 Å². The van der Waals surface area contributed by atoms with Crippen LogP contribution < -0.4 is 0 Å². The lowest BCUT2D eigenvalue weighted by molar-refractivity contribution is -0.120. The Morgan fingerprint density at radius 2 is 2.04 bits per heavy atom. The van der Waals surface area contributed by atoms with Gasteiger partial charge in [-0.25, -0.2) is 9.07 Å². The maximum atomic E-state index is 13.9. The van der Waals surface area contributed by atoms with Gasteiger partial charge < -0.3 is 5.11 Å². The summed E-state index contributed by atoms with van der Waals surface area (Å²) in [5.74, 6) is -0.896.